The number of halogens is 1. The van der Waals surface area contributed by atoms with E-state index in [0.29, 0.717) is 0 Å². The molecule has 2 aromatic rings. The molecule has 0 fully saturated rings. The quantitative estimate of drug-likeness (QED) is 0.698. The zero-order valence-electron chi connectivity index (χ0n) is 8.33. The molecular weight excluding hydrogens is 179 g/mol. The van der Waals surface area contributed by atoms with Crippen molar-refractivity contribution in [2.75, 3.05) is 0 Å². The van der Waals surface area contributed by atoms with E-state index in [4.69, 9.17) is 4.42 Å². The highest BCUT2D eigenvalue weighted by Gasteiger charge is 2.14. The molecule has 0 aliphatic rings. The molecule has 0 bridgehead atoms. The monoisotopic (exact) mass is 192 g/mol. The third kappa shape index (κ3) is 1.52. The standard InChI is InChI=1S/C12H13FO/c1-8(2)12(13)10-3-4-11-9(7-10)5-6-14-11/h3-8,12H,1-2H3. The van der Waals surface area contributed by atoms with Crippen molar-refractivity contribution in [3.8, 4) is 0 Å². The van der Waals surface area contributed by atoms with Gasteiger partial charge in [-0.25, -0.2) is 4.39 Å². The lowest BCUT2D eigenvalue weighted by molar-refractivity contribution is 0.262. The molecule has 74 valence electrons. The van der Waals surface area contributed by atoms with Crippen molar-refractivity contribution < 1.29 is 8.81 Å². The minimum absolute atomic E-state index is 0.0133. The van der Waals surface area contributed by atoms with Gasteiger partial charge in [-0.1, -0.05) is 19.9 Å². The summed E-state index contributed by atoms with van der Waals surface area (Å²) in [6, 6.07) is 7.31. The van der Waals surface area contributed by atoms with Crippen molar-refractivity contribution in [2.45, 2.75) is 20.0 Å². The van der Waals surface area contributed by atoms with E-state index >= 15 is 0 Å². The van der Waals surface area contributed by atoms with Crippen LogP contribution in [0, 0.1) is 5.92 Å². The summed E-state index contributed by atoms with van der Waals surface area (Å²) in [4.78, 5) is 0. The van der Waals surface area contributed by atoms with Crippen molar-refractivity contribution >= 4 is 11.0 Å². The molecule has 0 radical (unpaired) electrons. The summed E-state index contributed by atoms with van der Waals surface area (Å²) < 4.78 is 18.9. The van der Waals surface area contributed by atoms with E-state index in [1.165, 1.54) is 0 Å². The Kier molecular flexibility index (Phi) is 2.28. The predicted octanol–water partition coefficient (Wildman–Crippen LogP) is 4.10. The van der Waals surface area contributed by atoms with Gasteiger partial charge in [-0.05, 0) is 29.7 Å². The maximum absolute atomic E-state index is 13.7. The molecule has 1 heterocycles. The van der Waals surface area contributed by atoms with Crippen LogP contribution < -0.4 is 0 Å². The minimum Gasteiger partial charge on any atom is -0.464 e. The summed E-state index contributed by atoms with van der Waals surface area (Å²) in [5, 5.41) is 0.964. The van der Waals surface area contributed by atoms with Crippen molar-refractivity contribution in [1.82, 2.24) is 0 Å². The minimum atomic E-state index is -0.894. The molecule has 0 amide bonds. The van der Waals surface area contributed by atoms with E-state index in [9.17, 15) is 4.39 Å². The lowest BCUT2D eigenvalue weighted by Gasteiger charge is -2.11. The first-order valence-corrected chi connectivity index (χ1v) is 4.79. The van der Waals surface area contributed by atoms with Gasteiger partial charge in [0.05, 0.1) is 6.26 Å². The number of hydrogen-bond acceptors (Lipinski definition) is 1. The van der Waals surface area contributed by atoms with Crippen LogP contribution in [0.3, 0.4) is 0 Å². The molecule has 0 aliphatic heterocycles. The highest BCUT2D eigenvalue weighted by Crippen LogP contribution is 2.28. The first kappa shape index (κ1) is 9.25. The molecule has 0 saturated carbocycles. The average Bonchev–Trinajstić information content (AvgIpc) is 2.62. The van der Waals surface area contributed by atoms with Gasteiger partial charge in [0.25, 0.3) is 0 Å². The second-order valence-corrected chi connectivity index (χ2v) is 3.86. The first-order chi connectivity index (χ1) is 6.68. The third-order valence-electron chi connectivity index (χ3n) is 2.38. The van der Waals surface area contributed by atoms with Gasteiger partial charge >= 0.3 is 0 Å². The van der Waals surface area contributed by atoms with E-state index in [0.717, 1.165) is 16.5 Å². The zero-order valence-corrected chi connectivity index (χ0v) is 8.33. The molecule has 0 aliphatic carbocycles. The van der Waals surface area contributed by atoms with E-state index < -0.39 is 6.17 Å². The maximum Gasteiger partial charge on any atom is 0.133 e. The van der Waals surface area contributed by atoms with Gasteiger partial charge in [-0.15, -0.1) is 0 Å². The summed E-state index contributed by atoms with van der Waals surface area (Å²) in [5.74, 6) is 0.0133. The summed E-state index contributed by atoms with van der Waals surface area (Å²) >= 11 is 0. The molecule has 1 atom stereocenters. The largest absolute Gasteiger partial charge is 0.464 e. The maximum atomic E-state index is 13.7. The van der Waals surface area contributed by atoms with Crippen LogP contribution in [0.2, 0.25) is 0 Å². The summed E-state index contributed by atoms with van der Waals surface area (Å²) in [6.45, 7) is 3.76. The Morgan fingerprint density at radius 2 is 2.00 bits per heavy atom. The Morgan fingerprint density at radius 1 is 1.21 bits per heavy atom. The molecule has 14 heavy (non-hydrogen) atoms. The smallest absolute Gasteiger partial charge is 0.133 e. The van der Waals surface area contributed by atoms with Gasteiger partial charge in [0.1, 0.15) is 11.8 Å². The fraction of sp³-hybridized carbons (Fsp3) is 0.333. The Hall–Kier alpha value is -1.31. The number of alkyl halides is 1. The van der Waals surface area contributed by atoms with Crippen molar-refractivity contribution in [1.29, 1.82) is 0 Å². The molecule has 1 unspecified atom stereocenters. The van der Waals surface area contributed by atoms with Crippen LogP contribution >= 0.6 is 0 Å². The number of benzene rings is 1. The molecule has 2 rings (SSSR count). The van der Waals surface area contributed by atoms with E-state index in [1.54, 1.807) is 12.3 Å². The molecule has 1 aromatic heterocycles. The van der Waals surface area contributed by atoms with Crippen LogP contribution in [-0.4, -0.2) is 0 Å². The number of hydrogen-bond donors (Lipinski definition) is 0. The summed E-state index contributed by atoms with van der Waals surface area (Å²) in [6.07, 6.45) is 0.728. The Balaban J connectivity index is 2.43. The highest BCUT2D eigenvalue weighted by atomic mass is 19.1. The van der Waals surface area contributed by atoms with Gasteiger partial charge in [-0.3, -0.25) is 0 Å². The van der Waals surface area contributed by atoms with Crippen LogP contribution in [0.25, 0.3) is 11.0 Å². The molecular formula is C12H13FO. The molecule has 0 spiro atoms. The summed E-state index contributed by atoms with van der Waals surface area (Å²) in [5.41, 5.74) is 1.54. The van der Waals surface area contributed by atoms with Gasteiger partial charge in [0, 0.05) is 5.39 Å². The predicted molar refractivity (Wildman–Crippen MR) is 54.9 cm³/mol. The summed E-state index contributed by atoms with van der Waals surface area (Å²) in [7, 11) is 0. The molecule has 0 saturated heterocycles. The lowest BCUT2D eigenvalue weighted by atomic mass is 10.00. The van der Waals surface area contributed by atoms with Crippen LogP contribution in [-0.2, 0) is 0 Å². The van der Waals surface area contributed by atoms with Crippen LogP contribution in [0.5, 0.6) is 0 Å². The fourth-order valence-electron chi connectivity index (χ4n) is 1.54. The highest BCUT2D eigenvalue weighted by molar-refractivity contribution is 5.77. The SMILES string of the molecule is CC(C)C(F)c1ccc2occc2c1. The first-order valence-electron chi connectivity index (χ1n) is 4.79. The number of furan rings is 1. The van der Waals surface area contributed by atoms with Gasteiger partial charge in [-0.2, -0.15) is 0 Å². The number of rotatable bonds is 2. The zero-order chi connectivity index (χ0) is 10.1. The molecule has 1 nitrogen and oxygen atoms in total. The Morgan fingerprint density at radius 3 is 2.71 bits per heavy atom. The average molecular weight is 192 g/mol. The van der Waals surface area contributed by atoms with Crippen LogP contribution in [0.1, 0.15) is 25.6 Å². The van der Waals surface area contributed by atoms with E-state index in [1.807, 2.05) is 32.0 Å². The van der Waals surface area contributed by atoms with E-state index in [-0.39, 0.29) is 5.92 Å². The van der Waals surface area contributed by atoms with Gasteiger partial charge < -0.3 is 4.42 Å². The van der Waals surface area contributed by atoms with Crippen molar-refractivity contribution in [2.24, 2.45) is 5.92 Å². The van der Waals surface area contributed by atoms with Gasteiger partial charge in [0.15, 0.2) is 0 Å². The Labute approximate surface area is 82.5 Å². The van der Waals surface area contributed by atoms with Crippen LogP contribution in [0.4, 0.5) is 4.39 Å². The van der Waals surface area contributed by atoms with Crippen molar-refractivity contribution in [3.63, 3.8) is 0 Å². The molecule has 1 aromatic carbocycles. The third-order valence-corrected chi connectivity index (χ3v) is 2.38. The normalized spacial score (nSPS) is 13.7. The lowest BCUT2D eigenvalue weighted by Crippen LogP contribution is -1.99. The second-order valence-electron chi connectivity index (χ2n) is 3.86. The molecule has 0 N–H and O–H groups in total. The molecule has 2 heteroatoms. The topological polar surface area (TPSA) is 13.1 Å². The second kappa shape index (κ2) is 3.45. The van der Waals surface area contributed by atoms with Crippen molar-refractivity contribution in [3.05, 3.63) is 36.1 Å². The Bertz CT molecular complexity index is 431. The van der Waals surface area contributed by atoms with Gasteiger partial charge in [0.2, 0.25) is 0 Å². The number of fused-ring (bicyclic) bond motifs is 1. The fourth-order valence-corrected chi connectivity index (χ4v) is 1.54. The van der Waals surface area contributed by atoms with E-state index in [2.05, 4.69) is 0 Å². The van der Waals surface area contributed by atoms with Crippen LogP contribution in [0.15, 0.2) is 34.9 Å².